The number of para-hydroxylation sites is 1. The topological polar surface area (TPSA) is 62.8 Å². The van der Waals surface area contributed by atoms with Gasteiger partial charge in [0.15, 0.2) is 0 Å². The van der Waals surface area contributed by atoms with Gasteiger partial charge in [-0.1, -0.05) is 18.2 Å². The van der Waals surface area contributed by atoms with Gasteiger partial charge in [0, 0.05) is 29.3 Å². The number of ether oxygens (including phenoxy) is 1. The van der Waals surface area contributed by atoms with E-state index in [1.807, 2.05) is 24.3 Å². The predicted octanol–water partition coefficient (Wildman–Crippen LogP) is 3.95. The first-order chi connectivity index (χ1) is 12.8. The van der Waals surface area contributed by atoms with Crippen LogP contribution in [0, 0.1) is 0 Å². The summed E-state index contributed by atoms with van der Waals surface area (Å²) in [7, 11) is 1.65. The molecule has 0 radical (unpaired) electrons. The number of methoxy groups -OCH3 is 1. The van der Waals surface area contributed by atoms with Crippen molar-refractivity contribution in [2.75, 3.05) is 7.11 Å². The van der Waals surface area contributed by atoms with Gasteiger partial charge in [0.1, 0.15) is 5.75 Å². The van der Waals surface area contributed by atoms with Crippen LogP contribution in [0.1, 0.15) is 12.0 Å². The van der Waals surface area contributed by atoms with Gasteiger partial charge >= 0.3 is 0 Å². The van der Waals surface area contributed by atoms with Crippen LogP contribution in [0.5, 0.6) is 5.75 Å². The number of benzene rings is 2. The highest BCUT2D eigenvalue weighted by Crippen LogP contribution is 2.37. The second kappa shape index (κ2) is 5.66. The second-order valence-electron chi connectivity index (χ2n) is 6.71. The SMILES string of the molecule is COc1ccc(-c2[nH][nH]c(=O)c2-c2cn3c4c(cccc24)CCC3)cc1. The van der Waals surface area contributed by atoms with Crippen LogP contribution in [0.15, 0.2) is 53.5 Å². The van der Waals surface area contributed by atoms with E-state index in [2.05, 4.69) is 39.2 Å². The van der Waals surface area contributed by atoms with Gasteiger partial charge < -0.3 is 9.30 Å². The van der Waals surface area contributed by atoms with Crippen molar-refractivity contribution in [3.63, 3.8) is 0 Å². The van der Waals surface area contributed by atoms with Gasteiger partial charge in [-0.25, -0.2) is 0 Å². The zero-order valence-corrected chi connectivity index (χ0v) is 14.5. The van der Waals surface area contributed by atoms with E-state index < -0.39 is 0 Å². The Morgan fingerprint density at radius 1 is 1.08 bits per heavy atom. The molecular formula is C21H19N3O2. The van der Waals surface area contributed by atoms with Crippen molar-refractivity contribution >= 4 is 10.9 Å². The maximum Gasteiger partial charge on any atom is 0.272 e. The fourth-order valence-electron chi connectivity index (χ4n) is 4.04. The number of H-pyrrole nitrogens is 2. The molecule has 0 fully saturated rings. The molecule has 0 saturated carbocycles. The average Bonchev–Trinajstić information content (AvgIpc) is 3.24. The highest BCUT2D eigenvalue weighted by molar-refractivity contribution is 6.00. The minimum Gasteiger partial charge on any atom is -0.497 e. The Morgan fingerprint density at radius 3 is 2.73 bits per heavy atom. The van der Waals surface area contributed by atoms with Crippen LogP contribution in [0.2, 0.25) is 0 Å². The van der Waals surface area contributed by atoms with Gasteiger partial charge in [-0.3, -0.25) is 15.0 Å². The van der Waals surface area contributed by atoms with E-state index in [-0.39, 0.29) is 5.56 Å². The van der Waals surface area contributed by atoms with Crippen molar-refractivity contribution in [2.24, 2.45) is 0 Å². The Bertz CT molecular complexity index is 1160. The lowest BCUT2D eigenvalue weighted by atomic mass is 9.98. The Hall–Kier alpha value is -3.21. The molecule has 3 heterocycles. The Balaban J connectivity index is 1.75. The van der Waals surface area contributed by atoms with Crippen LogP contribution in [0.25, 0.3) is 33.3 Å². The van der Waals surface area contributed by atoms with E-state index in [1.165, 1.54) is 11.1 Å². The first kappa shape index (κ1) is 15.1. The summed E-state index contributed by atoms with van der Waals surface area (Å²) in [4.78, 5) is 12.7. The minimum atomic E-state index is -0.0977. The van der Waals surface area contributed by atoms with Crippen molar-refractivity contribution in [3.8, 4) is 28.1 Å². The number of aromatic nitrogens is 3. The third kappa shape index (κ3) is 2.13. The molecule has 5 nitrogen and oxygen atoms in total. The van der Waals surface area contributed by atoms with Gasteiger partial charge in [0.25, 0.3) is 5.56 Å². The summed E-state index contributed by atoms with van der Waals surface area (Å²) in [6, 6.07) is 14.1. The fourth-order valence-corrected chi connectivity index (χ4v) is 4.04. The standard InChI is InChI=1S/C21H19N3O2/c1-26-15-9-7-13(8-10-15)19-18(21(25)23-22-19)17-12-24-11-3-5-14-4-2-6-16(17)20(14)24/h2,4,6-10,12H,3,5,11H2,1H3,(H2,22,23,25). The molecule has 26 heavy (non-hydrogen) atoms. The number of aryl methyl sites for hydroxylation is 2. The lowest BCUT2D eigenvalue weighted by molar-refractivity contribution is 0.415. The molecule has 1 aliphatic heterocycles. The van der Waals surface area contributed by atoms with Crippen molar-refractivity contribution < 1.29 is 4.74 Å². The summed E-state index contributed by atoms with van der Waals surface area (Å²) in [5.41, 5.74) is 5.95. The number of hydrogen-bond acceptors (Lipinski definition) is 2. The van der Waals surface area contributed by atoms with Gasteiger partial charge in [-0.15, -0.1) is 0 Å². The Morgan fingerprint density at radius 2 is 1.92 bits per heavy atom. The van der Waals surface area contributed by atoms with E-state index in [4.69, 9.17) is 4.74 Å². The molecule has 0 spiro atoms. The monoisotopic (exact) mass is 345 g/mol. The second-order valence-corrected chi connectivity index (χ2v) is 6.71. The highest BCUT2D eigenvalue weighted by Gasteiger charge is 2.22. The quantitative estimate of drug-likeness (QED) is 0.591. The van der Waals surface area contributed by atoms with E-state index in [0.29, 0.717) is 5.56 Å². The molecule has 2 aromatic carbocycles. The van der Waals surface area contributed by atoms with Crippen LogP contribution in [0.4, 0.5) is 0 Å². The molecule has 0 unspecified atom stereocenters. The number of rotatable bonds is 3. The van der Waals surface area contributed by atoms with Crippen molar-refractivity contribution in [1.29, 1.82) is 0 Å². The Kier molecular flexibility index (Phi) is 3.28. The smallest absolute Gasteiger partial charge is 0.272 e. The summed E-state index contributed by atoms with van der Waals surface area (Å²) >= 11 is 0. The molecule has 130 valence electrons. The lowest BCUT2D eigenvalue weighted by Gasteiger charge is -2.14. The average molecular weight is 345 g/mol. The van der Waals surface area contributed by atoms with Crippen LogP contribution in [-0.2, 0) is 13.0 Å². The molecule has 2 N–H and O–H groups in total. The largest absolute Gasteiger partial charge is 0.497 e. The predicted molar refractivity (Wildman–Crippen MR) is 103 cm³/mol. The fraction of sp³-hybridized carbons (Fsp3) is 0.190. The molecule has 4 aromatic rings. The summed E-state index contributed by atoms with van der Waals surface area (Å²) in [5, 5.41) is 6.97. The normalized spacial score (nSPS) is 13.3. The third-order valence-corrected chi connectivity index (χ3v) is 5.25. The molecule has 5 heteroatoms. The van der Waals surface area contributed by atoms with Crippen LogP contribution in [0.3, 0.4) is 0 Å². The summed E-state index contributed by atoms with van der Waals surface area (Å²) < 4.78 is 7.52. The Labute approximate surface area is 150 Å². The molecule has 2 aromatic heterocycles. The van der Waals surface area contributed by atoms with Crippen molar-refractivity contribution in [1.82, 2.24) is 14.8 Å². The third-order valence-electron chi connectivity index (χ3n) is 5.25. The first-order valence-corrected chi connectivity index (χ1v) is 8.82. The van der Waals surface area contributed by atoms with Crippen LogP contribution in [-0.4, -0.2) is 21.9 Å². The summed E-state index contributed by atoms with van der Waals surface area (Å²) in [6.07, 6.45) is 4.35. The number of hydrogen-bond donors (Lipinski definition) is 2. The van der Waals surface area contributed by atoms with Crippen LogP contribution >= 0.6 is 0 Å². The van der Waals surface area contributed by atoms with Gasteiger partial charge in [0.2, 0.25) is 0 Å². The highest BCUT2D eigenvalue weighted by atomic mass is 16.5. The van der Waals surface area contributed by atoms with Gasteiger partial charge in [-0.2, -0.15) is 0 Å². The number of nitrogens with one attached hydrogen (secondary N) is 2. The first-order valence-electron chi connectivity index (χ1n) is 8.82. The lowest BCUT2D eigenvalue weighted by Crippen LogP contribution is -2.05. The van der Waals surface area contributed by atoms with Crippen LogP contribution < -0.4 is 10.3 Å². The molecule has 0 amide bonds. The molecule has 0 atom stereocenters. The molecule has 0 aliphatic carbocycles. The molecule has 0 bridgehead atoms. The molecule has 1 aliphatic rings. The summed E-state index contributed by atoms with van der Waals surface area (Å²) in [6.45, 7) is 0.994. The van der Waals surface area contributed by atoms with E-state index in [0.717, 1.165) is 47.3 Å². The maximum atomic E-state index is 12.7. The maximum absolute atomic E-state index is 12.7. The van der Waals surface area contributed by atoms with Crippen molar-refractivity contribution in [2.45, 2.75) is 19.4 Å². The van der Waals surface area contributed by atoms with E-state index in [1.54, 1.807) is 7.11 Å². The summed E-state index contributed by atoms with van der Waals surface area (Å²) in [5.74, 6) is 0.792. The zero-order chi connectivity index (χ0) is 17.7. The number of aromatic amines is 2. The van der Waals surface area contributed by atoms with Gasteiger partial charge in [-0.05, 0) is 42.7 Å². The zero-order valence-electron chi connectivity index (χ0n) is 14.5. The molecule has 5 rings (SSSR count). The van der Waals surface area contributed by atoms with E-state index in [9.17, 15) is 4.79 Å². The number of nitrogens with zero attached hydrogens (tertiary/aromatic N) is 1. The van der Waals surface area contributed by atoms with E-state index >= 15 is 0 Å². The molecular weight excluding hydrogens is 326 g/mol. The minimum absolute atomic E-state index is 0.0977. The van der Waals surface area contributed by atoms with Gasteiger partial charge in [0.05, 0.1) is 23.9 Å². The molecule has 0 saturated heterocycles. The van der Waals surface area contributed by atoms with Crippen molar-refractivity contribution in [3.05, 3.63) is 64.6 Å².